The fraction of sp³-hybridized carbons (Fsp3) is 0.692. The van der Waals surface area contributed by atoms with Gasteiger partial charge in [-0.1, -0.05) is 0 Å². The molecule has 1 aliphatic carbocycles. The van der Waals surface area contributed by atoms with Crippen LogP contribution >= 0.6 is 11.3 Å². The van der Waals surface area contributed by atoms with Crippen molar-refractivity contribution >= 4 is 17.2 Å². The summed E-state index contributed by atoms with van der Waals surface area (Å²) in [6.07, 6.45) is 4.01. The summed E-state index contributed by atoms with van der Waals surface area (Å²) in [4.78, 5) is 18.5. The minimum atomic E-state index is -0.579. The number of hydrogen-bond acceptors (Lipinski definition) is 4. The van der Waals surface area contributed by atoms with Crippen molar-refractivity contribution in [3.63, 3.8) is 0 Å². The third-order valence-electron chi connectivity index (χ3n) is 3.95. The van der Waals surface area contributed by atoms with Gasteiger partial charge in [-0.25, -0.2) is 4.98 Å². The summed E-state index contributed by atoms with van der Waals surface area (Å²) in [6, 6.07) is 0.0460. The van der Waals surface area contributed by atoms with Gasteiger partial charge < -0.3 is 10.0 Å². The highest BCUT2D eigenvalue weighted by Crippen LogP contribution is 2.44. The first kappa shape index (κ1) is 12.1. The van der Waals surface area contributed by atoms with Gasteiger partial charge in [-0.2, -0.15) is 0 Å². The molecular weight excluding hydrogens is 248 g/mol. The number of amides is 1. The summed E-state index contributed by atoms with van der Waals surface area (Å²) in [7, 11) is 0. The van der Waals surface area contributed by atoms with Gasteiger partial charge in [0.15, 0.2) is 0 Å². The molecule has 0 aromatic carbocycles. The molecule has 4 nitrogen and oxygen atoms in total. The summed E-state index contributed by atoms with van der Waals surface area (Å²) in [6.45, 7) is 2.74. The number of carbonyl (C=O) groups excluding carboxylic acids is 1. The molecule has 1 aliphatic heterocycles. The molecule has 1 aromatic rings. The van der Waals surface area contributed by atoms with Crippen molar-refractivity contribution < 1.29 is 9.90 Å². The normalized spacial score (nSPS) is 25.4. The SMILES string of the molecule is Cc1nc(CC(=O)N2CCCC2C2(O)CC2)cs1. The first-order valence-corrected chi connectivity index (χ1v) is 7.39. The maximum Gasteiger partial charge on any atom is 0.228 e. The molecule has 0 bridgehead atoms. The highest BCUT2D eigenvalue weighted by molar-refractivity contribution is 7.09. The zero-order valence-corrected chi connectivity index (χ0v) is 11.4. The van der Waals surface area contributed by atoms with Crippen LogP contribution in [0.15, 0.2) is 5.38 Å². The van der Waals surface area contributed by atoms with Gasteiger partial charge in [-0.3, -0.25) is 4.79 Å². The standard InChI is InChI=1S/C13H18N2O2S/c1-9-14-10(8-18-9)7-12(16)15-6-2-3-11(15)13(17)4-5-13/h8,11,17H,2-7H2,1H3. The number of carbonyl (C=O) groups is 1. The first-order valence-electron chi connectivity index (χ1n) is 6.51. The lowest BCUT2D eigenvalue weighted by molar-refractivity contribution is -0.134. The molecule has 1 amide bonds. The van der Waals surface area contributed by atoms with E-state index < -0.39 is 5.60 Å². The predicted octanol–water partition coefficient (Wildman–Crippen LogP) is 1.51. The lowest BCUT2D eigenvalue weighted by Crippen LogP contribution is -2.44. The van der Waals surface area contributed by atoms with Crippen LogP contribution in [0, 0.1) is 6.92 Å². The highest BCUT2D eigenvalue weighted by Gasteiger charge is 2.52. The number of aliphatic hydroxyl groups is 1. The molecule has 98 valence electrons. The second-order valence-electron chi connectivity index (χ2n) is 5.38. The molecule has 1 saturated carbocycles. The van der Waals surface area contributed by atoms with Crippen molar-refractivity contribution in [1.82, 2.24) is 9.88 Å². The van der Waals surface area contributed by atoms with E-state index >= 15 is 0 Å². The first-order chi connectivity index (χ1) is 8.58. The van der Waals surface area contributed by atoms with E-state index in [1.807, 2.05) is 17.2 Å². The molecule has 1 aromatic heterocycles. The third kappa shape index (κ3) is 2.17. The zero-order chi connectivity index (χ0) is 12.8. The topological polar surface area (TPSA) is 53.4 Å². The number of rotatable bonds is 3. The summed E-state index contributed by atoms with van der Waals surface area (Å²) in [5, 5.41) is 13.2. The van der Waals surface area contributed by atoms with Gasteiger partial charge in [0.25, 0.3) is 0 Å². The largest absolute Gasteiger partial charge is 0.388 e. The average Bonchev–Trinajstić information content (AvgIpc) is 2.80. The van der Waals surface area contributed by atoms with Crippen molar-refractivity contribution in [3.8, 4) is 0 Å². The Bertz CT molecular complexity index is 467. The number of aryl methyl sites for hydroxylation is 1. The van der Waals surface area contributed by atoms with E-state index in [0.717, 1.165) is 42.9 Å². The van der Waals surface area contributed by atoms with Crippen LogP contribution in [0.3, 0.4) is 0 Å². The van der Waals surface area contributed by atoms with Crippen LogP contribution in [0.5, 0.6) is 0 Å². The van der Waals surface area contributed by atoms with Crippen LogP contribution in [0.1, 0.15) is 36.4 Å². The van der Waals surface area contributed by atoms with Gasteiger partial charge in [0, 0.05) is 11.9 Å². The smallest absolute Gasteiger partial charge is 0.228 e. The molecule has 2 aliphatic rings. The Morgan fingerprint density at radius 3 is 3.06 bits per heavy atom. The minimum Gasteiger partial charge on any atom is -0.388 e. The molecular formula is C13H18N2O2S. The predicted molar refractivity (Wildman–Crippen MR) is 69.5 cm³/mol. The Morgan fingerprint density at radius 1 is 1.67 bits per heavy atom. The van der Waals surface area contributed by atoms with Gasteiger partial charge in [-0.15, -0.1) is 11.3 Å². The summed E-state index contributed by atoms with van der Waals surface area (Å²) < 4.78 is 0. The Morgan fingerprint density at radius 2 is 2.44 bits per heavy atom. The van der Waals surface area contributed by atoms with Crippen molar-refractivity contribution in [3.05, 3.63) is 16.1 Å². The van der Waals surface area contributed by atoms with E-state index in [1.165, 1.54) is 0 Å². The average molecular weight is 266 g/mol. The zero-order valence-electron chi connectivity index (χ0n) is 10.6. The molecule has 5 heteroatoms. The summed E-state index contributed by atoms with van der Waals surface area (Å²) in [5.74, 6) is 0.114. The van der Waals surface area contributed by atoms with Crippen molar-refractivity contribution in [2.45, 2.75) is 50.7 Å². The van der Waals surface area contributed by atoms with E-state index in [2.05, 4.69) is 4.98 Å². The number of aromatic nitrogens is 1. The van der Waals surface area contributed by atoms with Crippen LogP contribution in [-0.4, -0.2) is 39.1 Å². The molecule has 0 spiro atoms. The maximum absolute atomic E-state index is 12.3. The van der Waals surface area contributed by atoms with Crippen LogP contribution in [0.4, 0.5) is 0 Å². The number of thiazole rings is 1. The van der Waals surface area contributed by atoms with Crippen molar-refractivity contribution in [2.24, 2.45) is 0 Å². The maximum atomic E-state index is 12.3. The summed E-state index contributed by atoms with van der Waals surface area (Å²) >= 11 is 1.58. The van der Waals surface area contributed by atoms with E-state index in [9.17, 15) is 9.90 Å². The van der Waals surface area contributed by atoms with E-state index in [1.54, 1.807) is 11.3 Å². The van der Waals surface area contributed by atoms with E-state index in [-0.39, 0.29) is 11.9 Å². The lowest BCUT2D eigenvalue weighted by Gasteiger charge is -2.28. The van der Waals surface area contributed by atoms with Gasteiger partial charge in [-0.05, 0) is 32.6 Å². The molecule has 2 fully saturated rings. The Kier molecular flexibility index (Phi) is 2.90. The number of likely N-dealkylation sites (tertiary alicyclic amines) is 1. The Hall–Kier alpha value is -0.940. The van der Waals surface area contributed by atoms with Gasteiger partial charge in [0.2, 0.25) is 5.91 Å². The second-order valence-corrected chi connectivity index (χ2v) is 6.45. The van der Waals surface area contributed by atoms with Crippen LogP contribution in [0.2, 0.25) is 0 Å². The third-order valence-corrected chi connectivity index (χ3v) is 4.78. The van der Waals surface area contributed by atoms with Gasteiger partial charge in [0.1, 0.15) is 0 Å². The minimum absolute atomic E-state index is 0.0460. The van der Waals surface area contributed by atoms with Crippen LogP contribution in [-0.2, 0) is 11.2 Å². The Labute approximate surface area is 111 Å². The van der Waals surface area contributed by atoms with Crippen LogP contribution < -0.4 is 0 Å². The van der Waals surface area contributed by atoms with Crippen molar-refractivity contribution in [2.75, 3.05) is 6.54 Å². The monoisotopic (exact) mass is 266 g/mol. The molecule has 1 atom stereocenters. The Balaban J connectivity index is 1.68. The quantitative estimate of drug-likeness (QED) is 0.902. The molecule has 0 radical (unpaired) electrons. The molecule has 3 rings (SSSR count). The molecule has 18 heavy (non-hydrogen) atoms. The fourth-order valence-corrected chi connectivity index (χ4v) is 3.44. The highest BCUT2D eigenvalue weighted by atomic mass is 32.1. The molecule has 2 heterocycles. The number of nitrogens with zero attached hydrogens (tertiary/aromatic N) is 2. The van der Waals surface area contributed by atoms with Crippen LogP contribution in [0.25, 0.3) is 0 Å². The van der Waals surface area contributed by atoms with E-state index in [4.69, 9.17) is 0 Å². The fourth-order valence-electron chi connectivity index (χ4n) is 2.83. The summed E-state index contributed by atoms with van der Waals surface area (Å²) in [5.41, 5.74) is 0.278. The molecule has 1 unspecified atom stereocenters. The van der Waals surface area contributed by atoms with Gasteiger partial charge >= 0.3 is 0 Å². The second kappa shape index (κ2) is 4.31. The van der Waals surface area contributed by atoms with E-state index in [0.29, 0.717) is 6.42 Å². The lowest BCUT2D eigenvalue weighted by atomic mass is 10.1. The van der Waals surface area contributed by atoms with Crippen molar-refractivity contribution in [1.29, 1.82) is 0 Å². The molecule has 1 N–H and O–H groups in total. The molecule has 1 saturated heterocycles. The van der Waals surface area contributed by atoms with Gasteiger partial charge in [0.05, 0.1) is 28.8 Å². The number of hydrogen-bond donors (Lipinski definition) is 1.